The molecule has 0 bridgehead atoms. The molecule has 100 valence electrons. The molecule has 2 rings (SSSR count). The second kappa shape index (κ2) is 5.51. The Kier molecular flexibility index (Phi) is 3.98. The van der Waals surface area contributed by atoms with Gasteiger partial charge in [-0.15, -0.1) is 11.3 Å². The fourth-order valence-electron chi connectivity index (χ4n) is 1.28. The Morgan fingerprint density at radius 1 is 1.63 bits per heavy atom. The maximum atomic E-state index is 11.1. The molecule has 7 nitrogen and oxygen atoms in total. The lowest BCUT2D eigenvalue weighted by molar-refractivity contribution is -0.387. The Hall–Kier alpha value is -1.71. The van der Waals surface area contributed by atoms with Gasteiger partial charge in [0.15, 0.2) is 5.16 Å². The highest BCUT2D eigenvalue weighted by Gasteiger charge is 2.22. The SMILES string of the molecule is C[C@@H](O)c1cc([N+](=O)[O-])c(Sc2nccc(=O)[nH]2)s1. The highest BCUT2D eigenvalue weighted by Crippen LogP contribution is 2.41. The van der Waals surface area contributed by atoms with Crippen LogP contribution in [0.25, 0.3) is 0 Å². The summed E-state index contributed by atoms with van der Waals surface area (Å²) in [6.07, 6.45) is 0.553. The van der Waals surface area contributed by atoms with Crippen LogP contribution in [0.5, 0.6) is 0 Å². The van der Waals surface area contributed by atoms with Crippen molar-refractivity contribution in [1.29, 1.82) is 0 Å². The summed E-state index contributed by atoms with van der Waals surface area (Å²) in [7, 11) is 0. The van der Waals surface area contributed by atoms with Crippen LogP contribution < -0.4 is 5.56 Å². The maximum Gasteiger partial charge on any atom is 0.294 e. The van der Waals surface area contributed by atoms with Gasteiger partial charge in [-0.05, 0) is 18.7 Å². The first-order chi connectivity index (χ1) is 8.97. The van der Waals surface area contributed by atoms with Crippen LogP contribution in [0, 0.1) is 10.1 Å². The van der Waals surface area contributed by atoms with Gasteiger partial charge in [0.1, 0.15) is 4.21 Å². The largest absolute Gasteiger partial charge is 0.388 e. The normalized spacial score (nSPS) is 12.3. The molecule has 0 aliphatic heterocycles. The Labute approximate surface area is 115 Å². The van der Waals surface area contributed by atoms with E-state index in [2.05, 4.69) is 9.97 Å². The van der Waals surface area contributed by atoms with Gasteiger partial charge in [-0.3, -0.25) is 14.9 Å². The van der Waals surface area contributed by atoms with E-state index in [1.807, 2.05) is 0 Å². The minimum absolute atomic E-state index is 0.0996. The monoisotopic (exact) mass is 299 g/mol. The zero-order valence-electron chi connectivity index (χ0n) is 9.69. The van der Waals surface area contributed by atoms with Crippen LogP contribution >= 0.6 is 23.1 Å². The number of nitro groups is 1. The molecule has 2 heterocycles. The molecule has 0 spiro atoms. The van der Waals surface area contributed by atoms with E-state index in [1.54, 1.807) is 0 Å². The third-order valence-corrected chi connectivity index (χ3v) is 4.53. The Morgan fingerprint density at radius 3 is 2.95 bits per heavy atom. The molecule has 19 heavy (non-hydrogen) atoms. The van der Waals surface area contributed by atoms with Crippen molar-refractivity contribution in [2.24, 2.45) is 0 Å². The molecule has 0 amide bonds. The van der Waals surface area contributed by atoms with E-state index >= 15 is 0 Å². The Balaban J connectivity index is 2.38. The Morgan fingerprint density at radius 2 is 2.37 bits per heavy atom. The lowest BCUT2D eigenvalue weighted by Crippen LogP contribution is -2.04. The topological polar surface area (TPSA) is 109 Å². The van der Waals surface area contributed by atoms with Gasteiger partial charge in [0.2, 0.25) is 0 Å². The second-order valence-electron chi connectivity index (χ2n) is 3.60. The molecule has 2 N–H and O–H groups in total. The van der Waals surface area contributed by atoms with Crippen molar-refractivity contribution in [1.82, 2.24) is 9.97 Å². The second-order valence-corrected chi connectivity index (χ2v) is 5.94. The fourth-order valence-corrected chi connectivity index (χ4v) is 3.44. The molecule has 0 radical (unpaired) electrons. The zero-order valence-corrected chi connectivity index (χ0v) is 11.3. The summed E-state index contributed by atoms with van der Waals surface area (Å²) in [6, 6.07) is 2.59. The van der Waals surface area contributed by atoms with Crippen LogP contribution in [0.1, 0.15) is 17.9 Å². The molecule has 9 heteroatoms. The van der Waals surface area contributed by atoms with E-state index in [4.69, 9.17) is 0 Å². The lowest BCUT2D eigenvalue weighted by Gasteiger charge is -1.97. The van der Waals surface area contributed by atoms with Gasteiger partial charge >= 0.3 is 0 Å². The minimum Gasteiger partial charge on any atom is -0.388 e. The third kappa shape index (κ3) is 3.19. The predicted octanol–water partition coefficient (Wildman–Crippen LogP) is 1.94. The van der Waals surface area contributed by atoms with Crippen molar-refractivity contribution in [3.8, 4) is 0 Å². The van der Waals surface area contributed by atoms with Crippen molar-refractivity contribution in [2.45, 2.75) is 22.4 Å². The number of nitrogens with one attached hydrogen (secondary N) is 1. The summed E-state index contributed by atoms with van der Waals surface area (Å²) in [4.78, 5) is 28.4. The third-order valence-electron chi connectivity index (χ3n) is 2.14. The molecule has 2 aromatic rings. The van der Waals surface area contributed by atoms with Gasteiger partial charge in [-0.25, -0.2) is 4.98 Å². The van der Waals surface area contributed by atoms with E-state index in [1.165, 1.54) is 25.3 Å². The average molecular weight is 299 g/mol. The van der Waals surface area contributed by atoms with Crippen molar-refractivity contribution in [3.63, 3.8) is 0 Å². The molecule has 0 saturated carbocycles. The first kappa shape index (κ1) is 13.7. The summed E-state index contributed by atoms with van der Waals surface area (Å²) >= 11 is 2.10. The van der Waals surface area contributed by atoms with Crippen molar-refractivity contribution >= 4 is 28.8 Å². The van der Waals surface area contributed by atoms with Crippen LogP contribution in [-0.2, 0) is 0 Å². The van der Waals surface area contributed by atoms with E-state index in [9.17, 15) is 20.0 Å². The number of aliphatic hydroxyl groups excluding tert-OH is 1. The van der Waals surface area contributed by atoms with Crippen molar-refractivity contribution in [3.05, 3.63) is 43.7 Å². The number of aromatic amines is 1. The Bertz CT molecular complexity index is 665. The first-order valence-corrected chi connectivity index (χ1v) is 6.80. The van der Waals surface area contributed by atoms with Crippen LogP contribution in [0.2, 0.25) is 0 Å². The van der Waals surface area contributed by atoms with Gasteiger partial charge in [-0.2, -0.15) is 0 Å². The van der Waals surface area contributed by atoms with Gasteiger partial charge in [0.05, 0.1) is 11.0 Å². The number of hydrogen-bond acceptors (Lipinski definition) is 7. The first-order valence-electron chi connectivity index (χ1n) is 5.16. The van der Waals surface area contributed by atoms with Crippen LogP contribution in [0.3, 0.4) is 0 Å². The molecular weight excluding hydrogens is 290 g/mol. The smallest absolute Gasteiger partial charge is 0.294 e. The molecular formula is C10H9N3O4S2. The molecule has 0 aliphatic rings. The molecule has 0 fully saturated rings. The highest BCUT2D eigenvalue weighted by molar-refractivity contribution is 8.01. The average Bonchev–Trinajstić information content (AvgIpc) is 2.73. The number of nitrogens with zero attached hydrogens (tertiary/aromatic N) is 2. The number of rotatable bonds is 4. The quantitative estimate of drug-likeness (QED) is 0.507. The van der Waals surface area contributed by atoms with E-state index < -0.39 is 11.0 Å². The minimum atomic E-state index is -0.777. The van der Waals surface area contributed by atoms with Crippen LogP contribution in [0.15, 0.2) is 32.5 Å². The highest BCUT2D eigenvalue weighted by atomic mass is 32.2. The molecule has 2 aromatic heterocycles. The number of aromatic nitrogens is 2. The number of H-pyrrole nitrogens is 1. The summed E-state index contributed by atoms with van der Waals surface area (Å²) in [5.74, 6) is 0. The van der Waals surface area contributed by atoms with E-state index in [-0.39, 0.29) is 16.4 Å². The molecule has 0 unspecified atom stereocenters. The molecule has 1 atom stereocenters. The van der Waals surface area contributed by atoms with Crippen molar-refractivity contribution in [2.75, 3.05) is 0 Å². The van der Waals surface area contributed by atoms with Gasteiger partial charge in [-0.1, -0.05) is 0 Å². The zero-order chi connectivity index (χ0) is 14.0. The van der Waals surface area contributed by atoms with Gasteiger partial charge < -0.3 is 10.1 Å². The molecule has 0 aliphatic carbocycles. The number of aliphatic hydroxyl groups is 1. The number of thiophene rings is 1. The van der Waals surface area contributed by atoms with Gasteiger partial charge in [0.25, 0.3) is 11.2 Å². The van der Waals surface area contributed by atoms with Crippen LogP contribution in [-0.4, -0.2) is 20.0 Å². The molecule has 0 aromatic carbocycles. The summed E-state index contributed by atoms with van der Waals surface area (Å²) in [5.41, 5.74) is -0.426. The molecule has 0 saturated heterocycles. The van der Waals surface area contributed by atoms with E-state index in [0.717, 1.165) is 23.1 Å². The lowest BCUT2D eigenvalue weighted by atomic mass is 10.3. The van der Waals surface area contributed by atoms with Crippen molar-refractivity contribution < 1.29 is 10.0 Å². The van der Waals surface area contributed by atoms with Crippen LogP contribution in [0.4, 0.5) is 5.69 Å². The maximum absolute atomic E-state index is 11.1. The fraction of sp³-hybridized carbons (Fsp3) is 0.200. The predicted molar refractivity (Wildman–Crippen MR) is 70.6 cm³/mol. The number of hydrogen-bond donors (Lipinski definition) is 2. The van der Waals surface area contributed by atoms with E-state index in [0.29, 0.717) is 9.09 Å². The van der Waals surface area contributed by atoms with Gasteiger partial charge in [0, 0.05) is 23.2 Å². The summed E-state index contributed by atoms with van der Waals surface area (Å²) in [5, 5.41) is 20.7. The summed E-state index contributed by atoms with van der Waals surface area (Å²) in [6.45, 7) is 1.53. The standard InChI is InChI=1S/C10H9N3O4S2/c1-5(14)7-4-6(13(16)17)9(18-7)19-10-11-3-2-8(15)12-10/h2-5,14H,1H3,(H,11,12,15)/t5-/m1/s1. The summed E-state index contributed by atoms with van der Waals surface area (Å²) < 4.78 is 0.371.